The van der Waals surface area contributed by atoms with Crippen molar-refractivity contribution < 1.29 is 0 Å². The fraction of sp³-hybridized carbons (Fsp3) is 0.333. The van der Waals surface area contributed by atoms with Crippen molar-refractivity contribution in [3.63, 3.8) is 0 Å². The number of aryl methyl sites for hydroxylation is 3. The van der Waals surface area contributed by atoms with Crippen molar-refractivity contribution in [2.45, 2.75) is 33.7 Å². The third-order valence-electron chi connectivity index (χ3n) is 2.94. The first kappa shape index (κ1) is 12.2. The van der Waals surface area contributed by atoms with E-state index in [0.29, 0.717) is 6.04 Å². The van der Waals surface area contributed by atoms with E-state index in [1.165, 1.54) is 26.6 Å². The van der Waals surface area contributed by atoms with Gasteiger partial charge >= 0.3 is 0 Å². The SMILES string of the molecule is Cc1ccc(NC(C)c2ccc(C)s2)c(C)c1. The molecular weight excluding hydrogens is 226 g/mol. The maximum atomic E-state index is 3.58. The highest BCUT2D eigenvalue weighted by atomic mass is 32.1. The van der Waals surface area contributed by atoms with Gasteiger partial charge in [-0.25, -0.2) is 0 Å². The molecule has 0 saturated heterocycles. The summed E-state index contributed by atoms with van der Waals surface area (Å²) in [6.07, 6.45) is 0. The number of thiophene rings is 1. The number of hydrogen-bond acceptors (Lipinski definition) is 2. The molecule has 1 aromatic heterocycles. The molecule has 0 radical (unpaired) electrons. The number of benzene rings is 1. The molecule has 1 N–H and O–H groups in total. The van der Waals surface area contributed by atoms with Crippen LogP contribution in [0.5, 0.6) is 0 Å². The second kappa shape index (κ2) is 4.92. The molecule has 0 aliphatic heterocycles. The molecule has 1 aromatic carbocycles. The zero-order valence-electron chi connectivity index (χ0n) is 10.9. The predicted molar refractivity (Wildman–Crippen MR) is 77.0 cm³/mol. The minimum atomic E-state index is 0.370. The monoisotopic (exact) mass is 245 g/mol. The summed E-state index contributed by atoms with van der Waals surface area (Å²) in [7, 11) is 0. The zero-order valence-corrected chi connectivity index (χ0v) is 11.7. The Morgan fingerprint density at radius 3 is 2.41 bits per heavy atom. The van der Waals surface area contributed by atoms with Crippen molar-refractivity contribution >= 4 is 17.0 Å². The lowest BCUT2D eigenvalue weighted by atomic mass is 10.1. The summed E-state index contributed by atoms with van der Waals surface area (Å²) < 4.78 is 0. The second-order valence-electron chi connectivity index (χ2n) is 4.63. The first-order chi connectivity index (χ1) is 8.06. The van der Waals surface area contributed by atoms with Crippen molar-refractivity contribution in [1.82, 2.24) is 0 Å². The summed E-state index contributed by atoms with van der Waals surface area (Å²) in [6, 6.07) is 11.3. The Bertz CT molecular complexity index is 513. The summed E-state index contributed by atoms with van der Waals surface area (Å²) in [5, 5.41) is 3.58. The summed E-state index contributed by atoms with van der Waals surface area (Å²) in [4.78, 5) is 2.76. The summed E-state index contributed by atoms with van der Waals surface area (Å²) in [5.74, 6) is 0. The number of hydrogen-bond donors (Lipinski definition) is 1. The summed E-state index contributed by atoms with van der Waals surface area (Å²) in [6.45, 7) is 8.65. The van der Waals surface area contributed by atoms with E-state index in [2.05, 4.69) is 63.3 Å². The quantitative estimate of drug-likeness (QED) is 0.815. The fourth-order valence-electron chi connectivity index (χ4n) is 1.97. The molecule has 17 heavy (non-hydrogen) atoms. The van der Waals surface area contributed by atoms with Crippen molar-refractivity contribution in [2.24, 2.45) is 0 Å². The van der Waals surface area contributed by atoms with Crippen molar-refractivity contribution in [1.29, 1.82) is 0 Å². The Morgan fingerprint density at radius 2 is 1.82 bits per heavy atom. The van der Waals surface area contributed by atoms with Gasteiger partial charge in [0.25, 0.3) is 0 Å². The van der Waals surface area contributed by atoms with Gasteiger partial charge in [0.2, 0.25) is 0 Å². The maximum absolute atomic E-state index is 3.58. The molecule has 0 fully saturated rings. The van der Waals surface area contributed by atoms with Gasteiger partial charge in [0.05, 0.1) is 6.04 Å². The molecule has 0 aliphatic rings. The zero-order chi connectivity index (χ0) is 12.4. The molecule has 0 aliphatic carbocycles. The minimum absolute atomic E-state index is 0.370. The Morgan fingerprint density at radius 1 is 1.06 bits per heavy atom. The van der Waals surface area contributed by atoms with Gasteiger partial charge in [-0.3, -0.25) is 0 Å². The number of rotatable bonds is 3. The number of nitrogens with one attached hydrogen (secondary N) is 1. The van der Waals surface area contributed by atoms with Gasteiger partial charge < -0.3 is 5.32 Å². The highest BCUT2D eigenvalue weighted by molar-refractivity contribution is 7.12. The molecule has 1 unspecified atom stereocenters. The molecule has 1 nitrogen and oxygen atoms in total. The van der Waals surface area contributed by atoms with Crippen molar-refractivity contribution in [2.75, 3.05) is 5.32 Å². The van der Waals surface area contributed by atoms with Gasteiger partial charge in [-0.15, -0.1) is 11.3 Å². The topological polar surface area (TPSA) is 12.0 Å². The van der Waals surface area contributed by atoms with E-state index in [1.54, 1.807) is 0 Å². The molecule has 90 valence electrons. The van der Waals surface area contributed by atoms with Crippen LogP contribution in [0.3, 0.4) is 0 Å². The Balaban J connectivity index is 2.15. The average molecular weight is 245 g/mol. The normalized spacial score (nSPS) is 12.5. The van der Waals surface area contributed by atoms with Crippen molar-refractivity contribution in [3.05, 3.63) is 51.2 Å². The van der Waals surface area contributed by atoms with E-state index in [4.69, 9.17) is 0 Å². The highest BCUT2D eigenvalue weighted by Crippen LogP contribution is 2.27. The lowest BCUT2D eigenvalue weighted by molar-refractivity contribution is 0.905. The third-order valence-corrected chi connectivity index (χ3v) is 4.13. The Kier molecular flexibility index (Phi) is 3.53. The summed E-state index contributed by atoms with van der Waals surface area (Å²) >= 11 is 1.86. The van der Waals surface area contributed by atoms with E-state index in [9.17, 15) is 0 Å². The molecule has 0 bridgehead atoms. The molecular formula is C15H19NS. The van der Waals surface area contributed by atoms with Gasteiger partial charge in [0.1, 0.15) is 0 Å². The molecule has 0 amide bonds. The van der Waals surface area contributed by atoms with Crippen LogP contribution in [0, 0.1) is 20.8 Å². The Labute approximate surface area is 108 Å². The van der Waals surface area contributed by atoms with E-state index >= 15 is 0 Å². The van der Waals surface area contributed by atoms with Gasteiger partial charge in [-0.05, 0) is 51.5 Å². The molecule has 0 saturated carbocycles. The molecule has 2 rings (SSSR count). The summed E-state index contributed by atoms with van der Waals surface area (Å²) in [5.41, 5.74) is 3.85. The minimum Gasteiger partial charge on any atom is -0.377 e. The second-order valence-corrected chi connectivity index (χ2v) is 5.95. The molecule has 2 heteroatoms. The molecule has 1 atom stereocenters. The maximum Gasteiger partial charge on any atom is 0.0578 e. The molecule has 0 spiro atoms. The van der Waals surface area contributed by atoms with Crippen molar-refractivity contribution in [3.8, 4) is 0 Å². The first-order valence-electron chi connectivity index (χ1n) is 5.96. The largest absolute Gasteiger partial charge is 0.377 e. The predicted octanol–water partition coefficient (Wildman–Crippen LogP) is 4.85. The van der Waals surface area contributed by atoms with Gasteiger partial charge in [0, 0.05) is 15.4 Å². The van der Waals surface area contributed by atoms with Crippen LogP contribution < -0.4 is 5.32 Å². The van der Waals surface area contributed by atoms with Gasteiger partial charge in [0.15, 0.2) is 0 Å². The van der Waals surface area contributed by atoms with E-state index in [-0.39, 0.29) is 0 Å². The lowest BCUT2D eigenvalue weighted by Gasteiger charge is -2.16. The number of anilines is 1. The lowest BCUT2D eigenvalue weighted by Crippen LogP contribution is -2.06. The average Bonchev–Trinajstić information content (AvgIpc) is 2.69. The van der Waals surface area contributed by atoms with E-state index in [0.717, 1.165) is 0 Å². The van der Waals surface area contributed by atoms with Crippen LogP contribution in [0.2, 0.25) is 0 Å². The van der Waals surface area contributed by atoms with Gasteiger partial charge in [-0.1, -0.05) is 17.7 Å². The van der Waals surface area contributed by atoms with Crippen LogP contribution in [-0.2, 0) is 0 Å². The van der Waals surface area contributed by atoms with Crippen LogP contribution in [0.1, 0.15) is 33.8 Å². The van der Waals surface area contributed by atoms with Crippen LogP contribution in [0.15, 0.2) is 30.3 Å². The van der Waals surface area contributed by atoms with E-state index in [1.807, 2.05) is 11.3 Å². The fourth-order valence-corrected chi connectivity index (χ4v) is 2.85. The van der Waals surface area contributed by atoms with E-state index < -0.39 is 0 Å². The smallest absolute Gasteiger partial charge is 0.0578 e. The first-order valence-corrected chi connectivity index (χ1v) is 6.78. The van der Waals surface area contributed by atoms with Crippen LogP contribution in [0.25, 0.3) is 0 Å². The molecule has 2 aromatic rings. The standard InChI is InChI=1S/C15H19NS/c1-10-5-7-14(11(2)9-10)16-13(4)15-8-6-12(3)17-15/h5-9,13,16H,1-4H3. The Hall–Kier alpha value is -1.28. The highest BCUT2D eigenvalue weighted by Gasteiger charge is 2.08. The van der Waals surface area contributed by atoms with Crippen LogP contribution >= 0.6 is 11.3 Å². The third kappa shape index (κ3) is 2.89. The van der Waals surface area contributed by atoms with Crippen LogP contribution in [-0.4, -0.2) is 0 Å². The van der Waals surface area contributed by atoms with Gasteiger partial charge in [-0.2, -0.15) is 0 Å². The van der Waals surface area contributed by atoms with Crippen LogP contribution in [0.4, 0.5) is 5.69 Å². The molecule has 1 heterocycles.